The van der Waals surface area contributed by atoms with E-state index in [1.165, 1.54) is 17.8 Å². The normalized spacial score (nSPS) is 20.5. The van der Waals surface area contributed by atoms with Crippen LogP contribution in [0.4, 0.5) is 11.4 Å². The highest BCUT2D eigenvalue weighted by molar-refractivity contribution is 7.98. The molecule has 0 fully saturated rings. The third-order valence-electron chi connectivity index (χ3n) is 5.83. The molecule has 3 rings (SSSR count). The van der Waals surface area contributed by atoms with E-state index in [1.54, 1.807) is 6.07 Å². The second-order valence-electron chi connectivity index (χ2n) is 8.73. The van der Waals surface area contributed by atoms with E-state index in [4.69, 9.17) is 9.84 Å². The summed E-state index contributed by atoms with van der Waals surface area (Å²) in [6.45, 7) is 4.20. The number of aliphatic carboxylic acids is 1. The highest BCUT2D eigenvalue weighted by Crippen LogP contribution is 2.46. The summed E-state index contributed by atoms with van der Waals surface area (Å²) in [7, 11) is -3.67. The Morgan fingerprint density at radius 3 is 2.58 bits per heavy atom. The minimum absolute atomic E-state index is 0.00609. The Labute approximate surface area is 199 Å². The topological polar surface area (TPSA) is 104 Å². The van der Waals surface area contributed by atoms with Gasteiger partial charge in [-0.3, -0.25) is 0 Å². The maximum Gasteiger partial charge on any atom is 0.336 e. The van der Waals surface area contributed by atoms with Crippen LogP contribution in [-0.2, 0) is 14.6 Å². The fraction of sp³-hybridized carbons (Fsp3) is 0.458. The smallest absolute Gasteiger partial charge is 0.336 e. The van der Waals surface area contributed by atoms with E-state index in [1.807, 2.05) is 43.5 Å². The van der Waals surface area contributed by atoms with Gasteiger partial charge in [0.15, 0.2) is 15.9 Å². The van der Waals surface area contributed by atoms with E-state index >= 15 is 0 Å². The van der Waals surface area contributed by atoms with Gasteiger partial charge in [0, 0.05) is 18.3 Å². The quantitative estimate of drug-likeness (QED) is 0.497. The summed E-state index contributed by atoms with van der Waals surface area (Å²) < 4.78 is 32.8. The molecule has 9 heteroatoms. The van der Waals surface area contributed by atoms with Crippen LogP contribution in [0, 0.1) is 5.41 Å². The van der Waals surface area contributed by atoms with E-state index in [-0.39, 0.29) is 16.4 Å². The van der Waals surface area contributed by atoms with Crippen molar-refractivity contribution >= 4 is 38.9 Å². The molecule has 0 bridgehead atoms. The molecule has 1 aliphatic heterocycles. The first-order valence-electron chi connectivity index (χ1n) is 10.9. The van der Waals surface area contributed by atoms with E-state index < -0.39 is 33.9 Å². The number of sulfone groups is 1. The van der Waals surface area contributed by atoms with Crippen LogP contribution in [0.5, 0.6) is 5.75 Å². The van der Waals surface area contributed by atoms with Crippen LogP contribution >= 0.6 is 11.8 Å². The van der Waals surface area contributed by atoms with E-state index in [9.17, 15) is 18.3 Å². The van der Waals surface area contributed by atoms with Crippen LogP contribution in [0.25, 0.3) is 0 Å². The summed E-state index contributed by atoms with van der Waals surface area (Å²) >= 11 is 1.37. The summed E-state index contributed by atoms with van der Waals surface area (Å²) in [5.41, 5.74) is 1.03. The number of hydrogen-bond acceptors (Lipinski definition) is 7. The van der Waals surface area contributed by atoms with E-state index in [0.29, 0.717) is 17.1 Å². The molecule has 0 unspecified atom stereocenters. The average Bonchev–Trinajstić information content (AvgIpc) is 2.87. The molecular weight excluding hydrogens is 462 g/mol. The minimum atomic E-state index is -3.67. The maximum absolute atomic E-state index is 13.6. The first-order chi connectivity index (χ1) is 15.6. The summed E-state index contributed by atoms with van der Waals surface area (Å²) in [5.74, 6) is -1.15. The molecule has 7 nitrogen and oxygen atoms in total. The van der Waals surface area contributed by atoms with Gasteiger partial charge in [-0.15, -0.1) is 11.8 Å². The van der Waals surface area contributed by atoms with Crippen molar-refractivity contribution in [3.8, 4) is 5.75 Å². The Balaban J connectivity index is 2.16. The number of thioether (sulfide) groups is 1. The lowest BCUT2D eigenvalue weighted by molar-refractivity contribution is -0.148. The summed E-state index contributed by atoms with van der Waals surface area (Å²) in [5, 5.41) is 18.6. The number of carboxylic acid groups (broad SMARTS) is 1. The number of aliphatic hydroxyl groups is 1. The Bertz CT molecular complexity index is 1090. The number of anilines is 2. The highest BCUT2D eigenvalue weighted by Gasteiger charge is 2.40. The van der Waals surface area contributed by atoms with Gasteiger partial charge in [-0.05, 0) is 36.3 Å². The molecule has 0 radical (unpaired) electrons. The molecule has 1 aliphatic rings. The number of ether oxygens (including phenoxy) is 1. The third-order valence-corrected chi connectivity index (χ3v) is 8.67. The SMILES string of the molecule is CCCC[C@]1(C)CN(c2ccccc2)c2cc(SC)c(OC[C@H](O)C(=O)O)cc2S(=O)(=O)C1. The Morgan fingerprint density at radius 2 is 1.97 bits per heavy atom. The predicted molar refractivity (Wildman–Crippen MR) is 130 cm³/mol. The van der Waals surface area contributed by atoms with Crippen LogP contribution in [0.2, 0.25) is 0 Å². The molecule has 0 aliphatic carbocycles. The zero-order chi connectivity index (χ0) is 24.2. The number of para-hydroxylation sites is 1. The van der Waals surface area contributed by atoms with Gasteiger partial charge in [-0.2, -0.15) is 0 Å². The second kappa shape index (κ2) is 10.4. The zero-order valence-electron chi connectivity index (χ0n) is 19.2. The standard InChI is InChI=1S/C24H31NO6S2/c1-4-5-11-24(2)15-25(17-9-7-6-8-10-17)18-12-21(32-3)20(31-14-19(26)23(27)28)13-22(18)33(29,30)16-24/h6-10,12-13,19,26H,4-5,11,14-16H2,1-3H3,(H,27,28)/t19-,24+/m0/s1. The van der Waals surface area contributed by atoms with Crippen LogP contribution in [0.15, 0.2) is 52.3 Å². The molecule has 2 aromatic carbocycles. The first kappa shape index (κ1) is 25.4. The lowest BCUT2D eigenvalue weighted by Crippen LogP contribution is -2.35. The maximum atomic E-state index is 13.6. The molecule has 0 saturated heterocycles. The monoisotopic (exact) mass is 493 g/mol. The number of carboxylic acids is 1. The van der Waals surface area contributed by atoms with Crippen molar-refractivity contribution in [1.29, 1.82) is 0 Å². The first-order valence-corrected chi connectivity index (χ1v) is 13.8. The molecular formula is C24H31NO6S2. The van der Waals surface area contributed by atoms with Crippen molar-refractivity contribution in [3.05, 3.63) is 42.5 Å². The van der Waals surface area contributed by atoms with Crippen LogP contribution < -0.4 is 9.64 Å². The molecule has 180 valence electrons. The molecule has 1 heterocycles. The predicted octanol–water partition coefficient (Wildman–Crippen LogP) is 4.35. The van der Waals surface area contributed by atoms with Gasteiger partial charge in [-0.1, -0.05) is 44.9 Å². The number of aliphatic hydroxyl groups excluding tert-OH is 1. The van der Waals surface area contributed by atoms with Gasteiger partial charge in [0.05, 0.1) is 21.2 Å². The number of carbonyl (C=O) groups is 1. The minimum Gasteiger partial charge on any atom is -0.489 e. The summed E-state index contributed by atoms with van der Waals surface area (Å²) in [6, 6.07) is 13.0. The second-order valence-corrected chi connectivity index (χ2v) is 11.5. The Hall–Kier alpha value is -2.23. The number of rotatable bonds is 9. The summed E-state index contributed by atoms with van der Waals surface area (Å²) in [4.78, 5) is 13.9. The molecule has 0 saturated carbocycles. The van der Waals surface area contributed by atoms with Gasteiger partial charge in [0.1, 0.15) is 12.4 Å². The average molecular weight is 494 g/mol. The molecule has 2 atom stereocenters. The molecule has 0 amide bonds. The molecule has 0 spiro atoms. The Morgan fingerprint density at radius 1 is 1.27 bits per heavy atom. The Kier molecular flexibility index (Phi) is 7.97. The molecule has 2 N–H and O–H groups in total. The summed E-state index contributed by atoms with van der Waals surface area (Å²) in [6.07, 6.45) is 2.83. The fourth-order valence-corrected chi connectivity index (χ4v) is 6.78. The fourth-order valence-electron chi connectivity index (χ4n) is 4.15. The van der Waals surface area contributed by atoms with Crippen molar-refractivity contribution in [2.24, 2.45) is 5.41 Å². The number of unbranched alkanes of at least 4 members (excludes halogenated alkanes) is 1. The van der Waals surface area contributed by atoms with Gasteiger partial charge >= 0.3 is 5.97 Å². The van der Waals surface area contributed by atoms with Gasteiger partial charge < -0.3 is 19.8 Å². The molecule has 0 aromatic heterocycles. The third kappa shape index (κ3) is 5.83. The van der Waals surface area contributed by atoms with E-state index in [2.05, 4.69) is 11.8 Å². The largest absolute Gasteiger partial charge is 0.489 e. The van der Waals surface area contributed by atoms with Crippen molar-refractivity contribution < 1.29 is 28.2 Å². The number of benzene rings is 2. The van der Waals surface area contributed by atoms with Crippen LogP contribution in [0.3, 0.4) is 0 Å². The van der Waals surface area contributed by atoms with Crippen molar-refractivity contribution in [2.75, 3.05) is 30.1 Å². The highest BCUT2D eigenvalue weighted by atomic mass is 32.2. The van der Waals surface area contributed by atoms with Crippen molar-refractivity contribution in [2.45, 2.75) is 49.0 Å². The van der Waals surface area contributed by atoms with Crippen molar-refractivity contribution in [1.82, 2.24) is 0 Å². The van der Waals surface area contributed by atoms with Crippen LogP contribution in [-0.4, -0.2) is 55.9 Å². The van der Waals surface area contributed by atoms with Crippen LogP contribution in [0.1, 0.15) is 33.1 Å². The lowest BCUT2D eigenvalue weighted by atomic mass is 9.86. The molecule has 2 aromatic rings. The number of nitrogens with zero attached hydrogens (tertiary/aromatic N) is 1. The van der Waals surface area contributed by atoms with Gasteiger partial charge in [-0.25, -0.2) is 13.2 Å². The number of hydrogen-bond donors (Lipinski definition) is 2. The van der Waals surface area contributed by atoms with Gasteiger partial charge in [0.2, 0.25) is 0 Å². The lowest BCUT2D eigenvalue weighted by Gasteiger charge is -2.34. The van der Waals surface area contributed by atoms with E-state index in [0.717, 1.165) is 24.9 Å². The van der Waals surface area contributed by atoms with Crippen molar-refractivity contribution in [3.63, 3.8) is 0 Å². The number of fused-ring (bicyclic) bond motifs is 1. The zero-order valence-corrected chi connectivity index (χ0v) is 20.8. The molecule has 33 heavy (non-hydrogen) atoms. The van der Waals surface area contributed by atoms with Gasteiger partial charge in [0.25, 0.3) is 0 Å².